The molecule has 0 N–H and O–H groups in total. The van der Waals surface area contributed by atoms with Crippen molar-refractivity contribution in [2.75, 3.05) is 0 Å². The number of hydrogen-bond acceptors (Lipinski definition) is 2. The van der Waals surface area contributed by atoms with Gasteiger partial charge in [-0.1, -0.05) is 0 Å². The van der Waals surface area contributed by atoms with E-state index in [1.54, 1.807) is 6.92 Å². The van der Waals surface area contributed by atoms with Gasteiger partial charge in [-0.2, -0.15) is 0 Å². The Labute approximate surface area is 45.3 Å². The summed E-state index contributed by atoms with van der Waals surface area (Å²) in [5, 5.41) is 0. The molecule has 0 aromatic heterocycles. The van der Waals surface area contributed by atoms with Gasteiger partial charge in [-0.05, 0) is 0 Å². The summed E-state index contributed by atoms with van der Waals surface area (Å²) < 4.78 is 14.2. The van der Waals surface area contributed by atoms with Crippen LogP contribution in [0.1, 0.15) is 6.92 Å². The van der Waals surface area contributed by atoms with E-state index in [9.17, 15) is 4.21 Å². The first-order valence-electron chi connectivity index (χ1n) is 1.63. The van der Waals surface area contributed by atoms with Crippen LogP contribution >= 0.6 is 0 Å². The minimum atomic E-state index is -1.70. The van der Waals surface area contributed by atoms with Gasteiger partial charge in [0.15, 0.2) is 0 Å². The van der Waals surface area contributed by atoms with Gasteiger partial charge in [0.05, 0.1) is 0 Å². The fraction of sp³-hybridized carbons (Fsp3) is 0.333. The zero-order valence-corrected chi connectivity index (χ0v) is 4.83. The molecule has 0 rings (SSSR count). The number of hydrogen-bond donors (Lipinski definition) is 0. The van der Waals surface area contributed by atoms with Crippen LogP contribution in [0, 0.1) is 0 Å². The molecule has 0 aliphatic heterocycles. The van der Waals surface area contributed by atoms with Crippen molar-refractivity contribution in [2.24, 2.45) is 0 Å². The molecule has 0 heterocycles. The van der Waals surface area contributed by atoms with Crippen LogP contribution in [0.3, 0.4) is 0 Å². The van der Waals surface area contributed by atoms with E-state index >= 15 is 0 Å². The summed E-state index contributed by atoms with van der Waals surface area (Å²) in [5.74, 6) is 0.362. The maximum atomic E-state index is 9.86. The molecule has 4 heteroatoms. The molecule has 0 atom stereocenters. The Morgan fingerprint density at radius 2 is 2.43 bits per heavy atom. The van der Waals surface area contributed by atoms with E-state index in [-0.39, 0.29) is 0 Å². The van der Waals surface area contributed by atoms with Gasteiger partial charge in [0.25, 0.3) is 0 Å². The van der Waals surface area contributed by atoms with Crippen molar-refractivity contribution in [2.45, 2.75) is 6.92 Å². The van der Waals surface area contributed by atoms with Crippen molar-refractivity contribution >= 4 is 16.8 Å². The summed E-state index contributed by atoms with van der Waals surface area (Å²) >= 11 is 0. The van der Waals surface area contributed by atoms with Crippen molar-refractivity contribution in [3.05, 3.63) is 12.3 Å². The van der Waals surface area contributed by atoms with Crippen LogP contribution in [-0.2, 0) is 14.5 Å². The van der Waals surface area contributed by atoms with E-state index in [0.29, 0.717) is 5.76 Å². The van der Waals surface area contributed by atoms with Gasteiger partial charge in [-0.25, -0.2) is 0 Å². The van der Waals surface area contributed by atoms with Crippen LogP contribution in [0.4, 0.5) is 0 Å². The second-order valence-electron chi connectivity index (χ2n) is 1.05. The van der Waals surface area contributed by atoms with Crippen molar-refractivity contribution in [1.29, 1.82) is 0 Å². The Morgan fingerprint density at radius 1 is 2.00 bits per heavy atom. The Balaban J connectivity index is 3.61. The van der Waals surface area contributed by atoms with E-state index in [2.05, 4.69) is 17.3 Å². The van der Waals surface area contributed by atoms with Gasteiger partial charge < -0.3 is 0 Å². The molecule has 0 radical (unpaired) electrons. The second-order valence-corrected chi connectivity index (χ2v) is 1.73. The molecule has 0 unspecified atom stereocenters. The molecular weight excluding hydrogens is 111 g/mol. The molecule has 0 bridgehead atoms. The molecule has 2 nitrogen and oxygen atoms in total. The van der Waals surface area contributed by atoms with Crippen molar-refractivity contribution in [3.8, 4) is 0 Å². The molecule has 0 fully saturated rings. The maximum absolute atomic E-state index is 9.86. The van der Waals surface area contributed by atoms with E-state index in [0.717, 1.165) is 0 Å². The van der Waals surface area contributed by atoms with E-state index in [1.807, 2.05) is 0 Å². The normalized spacial score (nSPS) is 7.86. The van der Waals surface area contributed by atoms with Crippen LogP contribution in [0.25, 0.3) is 0 Å². The van der Waals surface area contributed by atoms with E-state index < -0.39 is 10.3 Å². The van der Waals surface area contributed by atoms with Crippen molar-refractivity contribution in [1.82, 2.24) is 0 Å². The molecule has 0 aromatic rings. The van der Waals surface area contributed by atoms with E-state index in [1.165, 1.54) is 0 Å². The fourth-order valence-corrected chi connectivity index (χ4v) is 0.421. The topological polar surface area (TPSA) is 26.3 Å². The summed E-state index contributed by atoms with van der Waals surface area (Å²) in [4.78, 5) is 0. The SMILES string of the molecule is B#S(=O)OC(=C)C. The minimum absolute atomic E-state index is 0.362. The summed E-state index contributed by atoms with van der Waals surface area (Å²) in [6.07, 6.45) is 0. The molecule has 0 aliphatic carbocycles. The third-order valence-electron chi connectivity index (χ3n) is 0.224. The van der Waals surface area contributed by atoms with Crippen LogP contribution in [-0.4, -0.2) is 10.7 Å². The van der Waals surface area contributed by atoms with Gasteiger partial charge in [0.2, 0.25) is 0 Å². The number of allylic oxidation sites excluding steroid dienone is 1. The predicted octanol–water partition coefficient (Wildman–Crippen LogP) is 0.284. The Bertz CT molecular complexity index is 178. The summed E-state index contributed by atoms with van der Waals surface area (Å²) in [6.45, 7) is 9.56. The first-order chi connectivity index (χ1) is 3.13. The van der Waals surface area contributed by atoms with Crippen LogP contribution < -0.4 is 0 Å². The molecule has 0 aliphatic rings. The standard InChI is InChI=1S/C3H5BO2S/c1-3(2)6-7(4)5/h1H2,2H3. The van der Waals surface area contributed by atoms with Gasteiger partial charge >= 0.3 is 44.5 Å². The van der Waals surface area contributed by atoms with Gasteiger partial charge in [0.1, 0.15) is 0 Å². The molecular formula is C3H5BO2S. The van der Waals surface area contributed by atoms with Crippen LogP contribution in [0.5, 0.6) is 0 Å². The van der Waals surface area contributed by atoms with Crippen molar-refractivity contribution < 1.29 is 8.39 Å². The molecule has 38 valence electrons. The van der Waals surface area contributed by atoms with Gasteiger partial charge in [0, 0.05) is 0 Å². The Kier molecular flexibility index (Phi) is 2.59. The molecule has 0 spiro atoms. The molecule has 0 saturated heterocycles. The Hall–Kier alpha value is -0.375. The van der Waals surface area contributed by atoms with Gasteiger partial charge in [-0.3, -0.25) is 0 Å². The van der Waals surface area contributed by atoms with Gasteiger partial charge in [-0.15, -0.1) is 0 Å². The molecule has 7 heavy (non-hydrogen) atoms. The zero-order valence-electron chi connectivity index (χ0n) is 4.01. The zero-order chi connectivity index (χ0) is 5.86. The average molecular weight is 116 g/mol. The predicted molar refractivity (Wildman–Crippen MR) is 29.8 cm³/mol. The summed E-state index contributed by atoms with van der Waals surface area (Å²) in [6, 6.07) is 0. The quantitative estimate of drug-likeness (QED) is 0.363. The first kappa shape index (κ1) is 6.62. The van der Waals surface area contributed by atoms with Crippen molar-refractivity contribution in [3.63, 3.8) is 0 Å². The second kappa shape index (κ2) is 2.74. The third-order valence-corrected chi connectivity index (χ3v) is 0.673. The fourth-order valence-electron chi connectivity index (χ4n) is 0.140. The summed E-state index contributed by atoms with van der Waals surface area (Å²) in [5.41, 5.74) is 0. The average Bonchev–Trinajstić information content (AvgIpc) is 1.27. The summed E-state index contributed by atoms with van der Waals surface area (Å²) in [7, 11) is -1.70. The number of rotatable bonds is 1. The monoisotopic (exact) mass is 116 g/mol. The van der Waals surface area contributed by atoms with Crippen LogP contribution in [0.15, 0.2) is 12.3 Å². The Morgan fingerprint density at radius 3 is 2.43 bits per heavy atom. The molecule has 0 aromatic carbocycles. The third kappa shape index (κ3) is 5.62. The van der Waals surface area contributed by atoms with E-state index in [4.69, 9.17) is 0 Å². The molecule has 0 amide bonds. The van der Waals surface area contributed by atoms with Crippen LogP contribution in [0.2, 0.25) is 0 Å². The first-order valence-corrected chi connectivity index (χ1v) is 2.76. The molecule has 0 saturated carbocycles.